The molecule has 0 aliphatic carbocycles. The highest BCUT2D eigenvalue weighted by atomic mass is 79.9. The second-order valence-corrected chi connectivity index (χ2v) is 9.71. The van der Waals surface area contributed by atoms with Gasteiger partial charge < -0.3 is 9.47 Å². The third-order valence-electron chi connectivity index (χ3n) is 5.63. The smallest absolute Gasteiger partial charge is 0.287 e. The lowest BCUT2D eigenvalue weighted by molar-refractivity contribution is -0.385. The normalized spacial score (nSPS) is 11.3. The summed E-state index contributed by atoms with van der Waals surface area (Å²) < 4.78 is 14.0. The number of nitrogens with zero attached hydrogens (tertiary/aromatic N) is 5. The van der Waals surface area contributed by atoms with E-state index in [1.54, 1.807) is 30.5 Å². The summed E-state index contributed by atoms with van der Waals surface area (Å²) in [5.74, 6) is 1.49. The molecule has 0 spiro atoms. The number of allylic oxidation sites excluding steroid dienone is 1. The molecule has 39 heavy (non-hydrogen) atoms. The van der Waals surface area contributed by atoms with Crippen LogP contribution in [-0.4, -0.2) is 32.4 Å². The van der Waals surface area contributed by atoms with Gasteiger partial charge in [0.25, 0.3) is 11.2 Å². The van der Waals surface area contributed by atoms with E-state index in [0.717, 1.165) is 16.2 Å². The number of ether oxygens (including phenoxy) is 2. The van der Waals surface area contributed by atoms with Crippen molar-refractivity contribution in [1.29, 1.82) is 0 Å². The Morgan fingerprint density at radius 2 is 2.03 bits per heavy atom. The zero-order valence-corrected chi connectivity index (χ0v) is 23.2. The van der Waals surface area contributed by atoms with Gasteiger partial charge in [0.15, 0.2) is 11.5 Å². The Morgan fingerprint density at radius 3 is 2.67 bits per heavy atom. The minimum Gasteiger partial charge on any atom is -0.490 e. The summed E-state index contributed by atoms with van der Waals surface area (Å²) in [5, 5.41) is 15.9. The van der Waals surface area contributed by atoms with Crippen LogP contribution in [0, 0.1) is 10.1 Å². The van der Waals surface area contributed by atoms with E-state index in [2.05, 4.69) is 37.6 Å². The van der Waals surface area contributed by atoms with E-state index in [-0.39, 0.29) is 23.0 Å². The summed E-state index contributed by atoms with van der Waals surface area (Å²) in [4.78, 5) is 32.5. The van der Waals surface area contributed by atoms with E-state index < -0.39 is 4.92 Å². The topological polar surface area (TPSA) is 122 Å². The van der Waals surface area contributed by atoms with Crippen molar-refractivity contribution in [1.82, 2.24) is 14.6 Å². The average Bonchev–Trinajstić information content (AvgIpc) is 2.90. The van der Waals surface area contributed by atoms with Crippen molar-refractivity contribution in [3.05, 3.63) is 103 Å². The standard InChI is InChI=1S/C28H26BrN5O5/c1-5-7-19-12-18(13-24(38-6-2)26(19)39-25-11-9-21(16-30-25)34(36)37)15-31-33-27(17(3)4)32-23-10-8-20(29)14-22(23)28(33)35/h5,8-17H,1,6-7H2,2-4H3. The van der Waals surface area contributed by atoms with Crippen molar-refractivity contribution in [3.63, 3.8) is 0 Å². The monoisotopic (exact) mass is 591 g/mol. The van der Waals surface area contributed by atoms with Gasteiger partial charge in [-0.3, -0.25) is 14.9 Å². The first-order valence-corrected chi connectivity index (χ1v) is 13.0. The summed E-state index contributed by atoms with van der Waals surface area (Å²) >= 11 is 3.42. The zero-order chi connectivity index (χ0) is 28.1. The van der Waals surface area contributed by atoms with Gasteiger partial charge in [0.2, 0.25) is 5.88 Å². The van der Waals surface area contributed by atoms with Crippen molar-refractivity contribution >= 4 is 38.7 Å². The lowest BCUT2D eigenvalue weighted by atomic mass is 10.1. The quantitative estimate of drug-likeness (QED) is 0.0906. The first-order chi connectivity index (χ1) is 18.7. The molecule has 11 heteroatoms. The van der Waals surface area contributed by atoms with Crippen LogP contribution in [0.3, 0.4) is 0 Å². The van der Waals surface area contributed by atoms with Crippen LogP contribution in [0.5, 0.6) is 17.4 Å². The van der Waals surface area contributed by atoms with Crippen molar-refractivity contribution in [2.45, 2.75) is 33.1 Å². The third-order valence-corrected chi connectivity index (χ3v) is 6.12. The first-order valence-electron chi connectivity index (χ1n) is 12.2. The molecule has 4 rings (SSSR count). The van der Waals surface area contributed by atoms with Crippen LogP contribution in [0.4, 0.5) is 5.69 Å². The van der Waals surface area contributed by atoms with Gasteiger partial charge in [-0.2, -0.15) is 9.78 Å². The largest absolute Gasteiger partial charge is 0.490 e. The van der Waals surface area contributed by atoms with Crippen LogP contribution in [0.1, 0.15) is 43.6 Å². The molecule has 0 saturated heterocycles. The molecule has 0 N–H and O–H groups in total. The molecule has 0 radical (unpaired) electrons. The van der Waals surface area contributed by atoms with E-state index in [1.807, 2.05) is 32.9 Å². The molecule has 0 unspecified atom stereocenters. The first kappa shape index (κ1) is 27.6. The van der Waals surface area contributed by atoms with Crippen molar-refractivity contribution in [2.75, 3.05) is 6.61 Å². The average molecular weight is 592 g/mol. The molecule has 2 aromatic carbocycles. The summed E-state index contributed by atoms with van der Waals surface area (Å²) in [6.45, 7) is 9.94. The fourth-order valence-electron chi connectivity index (χ4n) is 3.86. The predicted octanol–water partition coefficient (Wildman–Crippen LogP) is 6.39. The van der Waals surface area contributed by atoms with E-state index in [1.165, 1.54) is 16.8 Å². The molecular weight excluding hydrogens is 566 g/mol. The lowest BCUT2D eigenvalue weighted by Gasteiger charge is -2.16. The number of aromatic nitrogens is 3. The van der Waals surface area contributed by atoms with E-state index >= 15 is 0 Å². The maximum absolute atomic E-state index is 13.4. The maximum atomic E-state index is 13.4. The van der Waals surface area contributed by atoms with Crippen LogP contribution in [-0.2, 0) is 6.42 Å². The second kappa shape index (κ2) is 12.0. The van der Waals surface area contributed by atoms with Crippen molar-refractivity contribution in [3.8, 4) is 17.4 Å². The highest BCUT2D eigenvalue weighted by molar-refractivity contribution is 9.10. The SMILES string of the molecule is C=CCc1cc(C=Nn2c(C(C)C)nc3ccc(Br)cc3c2=O)cc(OCC)c1Oc1ccc([N+](=O)[O-])cn1. The molecule has 0 aliphatic rings. The molecule has 4 aromatic rings. The number of benzene rings is 2. The number of hydrogen-bond acceptors (Lipinski definition) is 8. The number of pyridine rings is 1. The number of hydrogen-bond donors (Lipinski definition) is 0. The van der Waals surface area contributed by atoms with Gasteiger partial charge in [0, 0.05) is 28.1 Å². The number of nitro groups is 1. The molecule has 0 saturated carbocycles. The third kappa shape index (κ3) is 6.20. The minimum atomic E-state index is -0.528. The highest BCUT2D eigenvalue weighted by Gasteiger charge is 2.17. The molecule has 10 nitrogen and oxygen atoms in total. The zero-order valence-electron chi connectivity index (χ0n) is 21.6. The Balaban J connectivity index is 1.79. The summed E-state index contributed by atoms with van der Waals surface area (Å²) in [7, 11) is 0. The van der Waals surface area contributed by atoms with Gasteiger partial charge in [-0.15, -0.1) is 6.58 Å². The summed E-state index contributed by atoms with van der Waals surface area (Å²) in [6.07, 6.45) is 4.85. The Hall–Kier alpha value is -4.38. The van der Waals surface area contributed by atoms with Crippen molar-refractivity contribution < 1.29 is 14.4 Å². The minimum absolute atomic E-state index is 0.0526. The number of rotatable bonds is 10. The fourth-order valence-corrected chi connectivity index (χ4v) is 4.23. The van der Waals surface area contributed by atoms with Crippen LogP contribution in [0.2, 0.25) is 0 Å². The van der Waals surface area contributed by atoms with Crippen LogP contribution in [0.15, 0.2) is 75.7 Å². The molecule has 0 bridgehead atoms. The van der Waals surface area contributed by atoms with Gasteiger partial charge in [0.05, 0.1) is 28.6 Å². The molecule has 0 amide bonds. The Bertz CT molecular complexity index is 1630. The van der Waals surface area contributed by atoms with Gasteiger partial charge in [-0.1, -0.05) is 35.9 Å². The number of fused-ring (bicyclic) bond motifs is 1. The highest BCUT2D eigenvalue weighted by Crippen LogP contribution is 2.36. The van der Waals surface area contributed by atoms with Gasteiger partial charge in [0.1, 0.15) is 12.0 Å². The van der Waals surface area contributed by atoms with E-state index in [9.17, 15) is 14.9 Å². The number of halogens is 1. The molecule has 200 valence electrons. The lowest BCUT2D eigenvalue weighted by Crippen LogP contribution is -2.23. The van der Waals surface area contributed by atoms with Crippen LogP contribution < -0.4 is 15.0 Å². The van der Waals surface area contributed by atoms with E-state index in [4.69, 9.17) is 9.47 Å². The van der Waals surface area contributed by atoms with E-state index in [0.29, 0.717) is 46.8 Å². The second-order valence-electron chi connectivity index (χ2n) is 8.79. The predicted molar refractivity (Wildman–Crippen MR) is 153 cm³/mol. The fraction of sp³-hybridized carbons (Fsp3) is 0.214. The molecule has 2 aromatic heterocycles. The Morgan fingerprint density at radius 1 is 1.23 bits per heavy atom. The molecule has 0 aliphatic heterocycles. The van der Waals surface area contributed by atoms with Crippen molar-refractivity contribution in [2.24, 2.45) is 5.10 Å². The molecule has 2 heterocycles. The molecule has 0 fully saturated rings. The van der Waals surface area contributed by atoms with Gasteiger partial charge >= 0.3 is 0 Å². The van der Waals surface area contributed by atoms with Crippen LogP contribution >= 0.6 is 15.9 Å². The van der Waals surface area contributed by atoms with Gasteiger partial charge in [-0.25, -0.2) is 9.97 Å². The Labute approximate surface area is 232 Å². The maximum Gasteiger partial charge on any atom is 0.287 e. The van der Waals surface area contributed by atoms with Crippen LogP contribution in [0.25, 0.3) is 10.9 Å². The van der Waals surface area contributed by atoms with Gasteiger partial charge in [-0.05, 0) is 49.2 Å². The molecular formula is C28H26BrN5O5. The summed E-state index contributed by atoms with van der Waals surface area (Å²) in [5.41, 5.74) is 1.58. The summed E-state index contributed by atoms with van der Waals surface area (Å²) in [6, 6.07) is 11.7. The molecule has 0 atom stereocenters. The Kier molecular flexibility index (Phi) is 8.50.